The van der Waals surface area contributed by atoms with Crippen LogP contribution < -0.4 is 15.8 Å². The standard InChI is InChI=1S/C14H20N2O2S/c15-11-4-3-5-12(8-11)18-10-14(17)16-9-13-6-1-2-7-19-13/h3-5,8,13H,1-2,6-7,9-10,15H2,(H,16,17). The molecule has 2 rings (SSSR count). The second-order valence-electron chi connectivity index (χ2n) is 4.65. The number of nitrogens with one attached hydrogen (secondary N) is 1. The minimum atomic E-state index is -0.0754. The maximum Gasteiger partial charge on any atom is 0.257 e. The Morgan fingerprint density at radius 1 is 1.47 bits per heavy atom. The molecular formula is C14H20N2O2S. The molecule has 0 saturated carbocycles. The molecule has 1 fully saturated rings. The van der Waals surface area contributed by atoms with Gasteiger partial charge < -0.3 is 15.8 Å². The summed E-state index contributed by atoms with van der Waals surface area (Å²) >= 11 is 1.95. The van der Waals surface area contributed by atoms with Gasteiger partial charge in [-0.2, -0.15) is 11.8 Å². The maximum absolute atomic E-state index is 11.7. The van der Waals surface area contributed by atoms with Crippen molar-refractivity contribution in [3.05, 3.63) is 24.3 Å². The van der Waals surface area contributed by atoms with Crippen molar-refractivity contribution in [3.63, 3.8) is 0 Å². The Bertz CT molecular complexity index is 420. The van der Waals surface area contributed by atoms with E-state index in [1.54, 1.807) is 24.3 Å². The summed E-state index contributed by atoms with van der Waals surface area (Å²) in [6, 6.07) is 7.10. The molecule has 1 amide bonds. The van der Waals surface area contributed by atoms with Crippen LogP contribution in [-0.2, 0) is 4.79 Å². The number of amides is 1. The molecule has 1 aliphatic heterocycles. The van der Waals surface area contributed by atoms with Crippen molar-refractivity contribution in [2.75, 3.05) is 24.6 Å². The average molecular weight is 280 g/mol. The molecule has 1 aromatic carbocycles. The molecule has 0 bridgehead atoms. The zero-order valence-electron chi connectivity index (χ0n) is 10.9. The van der Waals surface area contributed by atoms with Crippen molar-refractivity contribution in [3.8, 4) is 5.75 Å². The highest BCUT2D eigenvalue weighted by molar-refractivity contribution is 7.99. The van der Waals surface area contributed by atoms with E-state index < -0.39 is 0 Å². The fraction of sp³-hybridized carbons (Fsp3) is 0.500. The first-order valence-electron chi connectivity index (χ1n) is 6.60. The summed E-state index contributed by atoms with van der Waals surface area (Å²) < 4.78 is 5.39. The molecule has 1 saturated heterocycles. The van der Waals surface area contributed by atoms with Gasteiger partial charge in [0.1, 0.15) is 5.75 Å². The van der Waals surface area contributed by atoms with Gasteiger partial charge in [-0.25, -0.2) is 0 Å². The first-order chi connectivity index (χ1) is 9.24. The van der Waals surface area contributed by atoms with Gasteiger partial charge in [-0.05, 0) is 30.7 Å². The summed E-state index contributed by atoms with van der Waals surface area (Å²) in [5.41, 5.74) is 6.27. The molecule has 1 aliphatic rings. The molecule has 4 nitrogen and oxygen atoms in total. The quantitative estimate of drug-likeness (QED) is 0.810. The van der Waals surface area contributed by atoms with E-state index in [9.17, 15) is 4.79 Å². The summed E-state index contributed by atoms with van der Waals surface area (Å²) in [4.78, 5) is 11.7. The Balaban J connectivity index is 1.66. The normalized spacial score (nSPS) is 18.8. The number of benzene rings is 1. The van der Waals surface area contributed by atoms with Crippen LogP contribution in [0.1, 0.15) is 19.3 Å². The molecule has 104 valence electrons. The number of rotatable bonds is 5. The van der Waals surface area contributed by atoms with Crippen molar-refractivity contribution in [2.24, 2.45) is 0 Å². The molecule has 1 atom stereocenters. The topological polar surface area (TPSA) is 64.3 Å². The van der Waals surface area contributed by atoms with Gasteiger partial charge in [0.25, 0.3) is 5.91 Å². The van der Waals surface area contributed by atoms with Crippen LogP contribution in [0.3, 0.4) is 0 Å². The summed E-state index contributed by atoms with van der Waals surface area (Å²) in [5.74, 6) is 1.76. The molecule has 0 aliphatic carbocycles. The van der Waals surface area contributed by atoms with Gasteiger partial charge in [-0.3, -0.25) is 4.79 Å². The number of anilines is 1. The van der Waals surface area contributed by atoms with Gasteiger partial charge in [-0.15, -0.1) is 0 Å². The van der Waals surface area contributed by atoms with Gasteiger partial charge in [0.2, 0.25) is 0 Å². The van der Waals surface area contributed by atoms with Crippen LogP contribution in [-0.4, -0.2) is 30.1 Å². The molecule has 0 radical (unpaired) electrons. The lowest BCUT2D eigenvalue weighted by Crippen LogP contribution is -2.35. The third-order valence-corrected chi connectivity index (χ3v) is 4.43. The highest BCUT2D eigenvalue weighted by Gasteiger charge is 2.14. The number of carbonyl (C=O) groups excluding carboxylic acids is 1. The van der Waals surface area contributed by atoms with E-state index >= 15 is 0 Å². The molecule has 0 spiro atoms. The van der Waals surface area contributed by atoms with E-state index in [1.165, 1.54) is 25.0 Å². The molecule has 19 heavy (non-hydrogen) atoms. The van der Waals surface area contributed by atoms with Crippen molar-refractivity contribution >= 4 is 23.4 Å². The van der Waals surface area contributed by atoms with Gasteiger partial charge in [0, 0.05) is 23.5 Å². The van der Waals surface area contributed by atoms with Crippen LogP contribution in [0.2, 0.25) is 0 Å². The van der Waals surface area contributed by atoms with Gasteiger partial charge in [0.15, 0.2) is 6.61 Å². The number of carbonyl (C=O) groups is 1. The zero-order chi connectivity index (χ0) is 13.5. The van der Waals surface area contributed by atoms with Gasteiger partial charge >= 0.3 is 0 Å². The summed E-state index contributed by atoms with van der Waals surface area (Å²) in [7, 11) is 0. The second kappa shape index (κ2) is 7.28. The molecule has 1 aromatic rings. The predicted octanol–water partition coefficient (Wildman–Crippen LogP) is 2.05. The number of thioether (sulfide) groups is 1. The third kappa shape index (κ3) is 5.03. The summed E-state index contributed by atoms with van der Waals surface area (Å²) in [6.45, 7) is 0.782. The SMILES string of the molecule is Nc1cccc(OCC(=O)NCC2CCCCS2)c1. The lowest BCUT2D eigenvalue weighted by atomic mass is 10.2. The van der Waals surface area contributed by atoms with Crippen LogP contribution in [0.5, 0.6) is 5.75 Å². The fourth-order valence-electron chi connectivity index (χ4n) is 2.00. The Labute approximate surface area is 118 Å². The molecule has 5 heteroatoms. The minimum absolute atomic E-state index is 0.0425. The Morgan fingerprint density at radius 3 is 3.11 bits per heavy atom. The molecule has 0 aromatic heterocycles. The predicted molar refractivity (Wildman–Crippen MR) is 79.5 cm³/mol. The van der Waals surface area contributed by atoms with Crippen LogP contribution in [0, 0.1) is 0 Å². The number of hydrogen-bond acceptors (Lipinski definition) is 4. The number of ether oxygens (including phenoxy) is 1. The Hall–Kier alpha value is -1.36. The van der Waals surface area contributed by atoms with Crippen molar-refractivity contribution < 1.29 is 9.53 Å². The van der Waals surface area contributed by atoms with E-state index in [2.05, 4.69) is 5.32 Å². The number of nitrogen functional groups attached to an aromatic ring is 1. The van der Waals surface area contributed by atoms with Gasteiger partial charge in [0.05, 0.1) is 0 Å². The first kappa shape index (κ1) is 14.1. The molecule has 1 unspecified atom stereocenters. The minimum Gasteiger partial charge on any atom is -0.484 e. The lowest BCUT2D eigenvalue weighted by molar-refractivity contribution is -0.123. The maximum atomic E-state index is 11.7. The van der Waals surface area contributed by atoms with Crippen LogP contribution >= 0.6 is 11.8 Å². The summed E-state index contributed by atoms with van der Waals surface area (Å²) in [5, 5.41) is 3.48. The lowest BCUT2D eigenvalue weighted by Gasteiger charge is -2.21. The first-order valence-corrected chi connectivity index (χ1v) is 7.65. The van der Waals surface area contributed by atoms with E-state index in [-0.39, 0.29) is 12.5 Å². The monoisotopic (exact) mass is 280 g/mol. The smallest absolute Gasteiger partial charge is 0.257 e. The van der Waals surface area contributed by atoms with E-state index in [0.29, 0.717) is 16.7 Å². The summed E-state index contributed by atoms with van der Waals surface area (Å²) in [6.07, 6.45) is 3.77. The largest absolute Gasteiger partial charge is 0.484 e. The third-order valence-electron chi connectivity index (χ3n) is 3.03. The van der Waals surface area contributed by atoms with Crippen LogP contribution in [0.25, 0.3) is 0 Å². The van der Waals surface area contributed by atoms with Crippen molar-refractivity contribution in [2.45, 2.75) is 24.5 Å². The Kier molecular flexibility index (Phi) is 5.39. The Morgan fingerprint density at radius 2 is 2.37 bits per heavy atom. The second-order valence-corrected chi connectivity index (χ2v) is 6.06. The molecule has 1 heterocycles. The van der Waals surface area contributed by atoms with Crippen molar-refractivity contribution in [1.82, 2.24) is 5.32 Å². The van der Waals surface area contributed by atoms with Crippen LogP contribution in [0.4, 0.5) is 5.69 Å². The van der Waals surface area contributed by atoms with E-state index in [1.807, 2.05) is 11.8 Å². The molecular weight excluding hydrogens is 260 g/mol. The van der Waals surface area contributed by atoms with Crippen LogP contribution in [0.15, 0.2) is 24.3 Å². The highest BCUT2D eigenvalue weighted by Crippen LogP contribution is 2.24. The van der Waals surface area contributed by atoms with E-state index in [4.69, 9.17) is 10.5 Å². The van der Waals surface area contributed by atoms with Crippen molar-refractivity contribution in [1.29, 1.82) is 0 Å². The average Bonchev–Trinajstić information content (AvgIpc) is 2.44. The fourth-order valence-corrected chi connectivity index (χ4v) is 3.24. The van der Waals surface area contributed by atoms with E-state index in [0.717, 1.165) is 6.54 Å². The zero-order valence-corrected chi connectivity index (χ0v) is 11.7. The number of hydrogen-bond donors (Lipinski definition) is 2. The number of nitrogens with two attached hydrogens (primary N) is 1. The van der Waals surface area contributed by atoms with Gasteiger partial charge in [-0.1, -0.05) is 12.5 Å². The molecule has 3 N–H and O–H groups in total. The highest BCUT2D eigenvalue weighted by atomic mass is 32.2.